The molecule has 3 aromatic carbocycles. The Kier molecular flexibility index (Phi) is 12.0. The van der Waals surface area contributed by atoms with Gasteiger partial charge >= 0.3 is 18.1 Å². The van der Waals surface area contributed by atoms with Gasteiger partial charge in [0.15, 0.2) is 9.84 Å². The highest BCUT2D eigenvalue weighted by molar-refractivity contribution is 7.91. The Balaban J connectivity index is 0.000000755. The van der Waals surface area contributed by atoms with E-state index < -0.39 is 51.9 Å². The molecule has 17 heteroatoms. The summed E-state index contributed by atoms with van der Waals surface area (Å²) in [5, 5.41) is 22.6. The molecule has 0 radical (unpaired) electrons. The van der Waals surface area contributed by atoms with Gasteiger partial charge in [-0.25, -0.2) is 18.2 Å². The molecule has 1 aliphatic rings. The quantitative estimate of drug-likeness (QED) is 0.146. The molecule has 1 aromatic heterocycles. The van der Waals surface area contributed by atoms with Crippen molar-refractivity contribution in [3.05, 3.63) is 89.1 Å². The van der Waals surface area contributed by atoms with Crippen LogP contribution in [0.2, 0.25) is 5.02 Å². The van der Waals surface area contributed by atoms with Gasteiger partial charge in [-0.3, -0.25) is 9.59 Å². The topological polar surface area (TPSA) is 189 Å². The number of aromatic nitrogens is 1. The molecule has 1 amide bonds. The smallest absolute Gasteiger partial charge is 0.490 e. The number of carboxylic acid groups (broad SMARTS) is 2. The molecular formula is C34H34ClF3N4O8S. The number of pyridine rings is 1. The zero-order valence-corrected chi connectivity index (χ0v) is 28.8. The number of nitrogens with one attached hydrogen (secondary N) is 1. The standard InChI is InChI=1S/C32H33ClN4O6S.C2HF3O2/c1-3-43-26-18-20(9-12-25(26)33)28(36-21-10-11-22-19(17-21)13-15-35-30(22)34)31(38)37-16-14-24(32(39)40)29(37)23-7-5-6-8-27(23)44(41,42)4-2;3-2(4,5)1(6)7/h5-13,15,17-18,24,28-29,36H,3-4,14,16H2,1-2H3,(H2,34,35)(H,39,40);(H,6,7)/t24-,28+,29-;/m0./s1. The number of nitrogens with zero attached hydrogens (tertiary/aromatic N) is 2. The van der Waals surface area contributed by atoms with Gasteiger partial charge in [-0.15, -0.1) is 0 Å². The van der Waals surface area contributed by atoms with Gasteiger partial charge in [-0.1, -0.05) is 42.8 Å². The number of halogens is 4. The molecule has 0 saturated carbocycles. The fourth-order valence-electron chi connectivity index (χ4n) is 5.72. The number of benzene rings is 3. The molecule has 0 aliphatic carbocycles. The van der Waals surface area contributed by atoms with Crippen LogP contribution in [-0.4, -0.2) is 71.4 Å². The first-order chi connectivity index (χ1) is 24.0. The van der Waals surface area contributed by atoms with Crippen molar-refractivity contribution in [3.8, 4) is 5.75 Å². The molecule has 272 valence electrons. The average molecular weight is 751 g/mol. The van der Waals surface area contributed by atoms with E-state index in [9.17, 15) is 36.3 Å². The number of alkyl halides is 3. The molecular weight excluding hydrogens is 717 g/mol. The second-order valence-electron chi connectivity index (χ2n) is 11.3. The highest BCUT2D eigenvalue weighted by atomic mass is 35.5. The average Bonchev–Trinajstić information content (AvgIpc) is 3.54. The van der Waals surface area contributed by atoms with Crippen molar-refractivity contribution in [3.63, 3.8) is 0 Å². The van der Waals surface area contributed by atoms with Gasteiger partial charge < -0.3 is 30.9 Å². The van der Waals surface area contributed by atoms with Crippen molar-refractivity contribution >= 4 is 61.6 Å². The lowest BCUT2D eigenvalue weighted by Crippen LogP contribution is -2.39. The third-order valence-corrected chi connectivity index (χ3v) is 10.2. The molecule has 5 rings (SSSR count). The predicted octanol–water partition coefficient (Wildman–Crippen LogP) is 6.12. The number of amides is 1. The van der Waals surface area contributed by atoms with Crippen molar-refractivity contribution in [2.45, 2.75) is 43.4 Å². The lowest BCUT2D eigenvalue weighted by molar-refractivity contribution is -0.192. The fraction of sp³-hybridized carbons (Fsp3) is 0.294. The summed E-state index contributed by atoms with van der Waals surface area (Å²) >= 11 is 6.38. The van der Waals surface area contributed by atoms with Crippen LogP contribution in [-0.2, 0) is 24.2 Å². The monoisotopic (exact) mass is 750 g/mol. The van der Waals surface area contributed by atoms with Gasteiger partial charge in [0.05, 0.1) is 34.2 Å². The summed E-state index contributed by atoms with van der Waals surface area (Å²) in [7, 11) is -3.72. The number of aliphatic carboxylic acids is 2. The van der Waals surface area contributed by atoms with E-state index in [0.717, 1.165) is 10.8 Å². The Labute approximate surface area is 295 Å². The second kappa shape index (κ2) is 15.9. The zero-order valence-electron chi connectivity index (χ0n) is 27.2. The Morgan fingerprint density at radius 2 is 1.76 bits per heavy atom. The SMILES string of the molecule is CCOc1cc([C@@H](Nc2ccc3c(N)nccc3c2)C(=O)N2CC[C@H](C(=O)O)[C@@H]2c2ccccc2S(=O)(=O)CC)ccc1Cl.O=C(O)C(F)(F)F. The van der Waals surface area contributed by atoms with Gasteiger partial charge in [-0.2, -0.15) is 13.2 Å². The van der Waals surface area contributed by atoms with E-state index in [1.165, 1.54) is 17.9 Å². The molecule has 0 spiro atoms. The van der Waals surface area contributed by atoms with Crippen LogP contribution in [0, 0.1) is 5.92 Å². The number of hydrogen-bond acceptors (Lipinski definition) is 9. The fourth-order valence-corrected chi connectivity index (χ4v) is 7.04. The van der Waals surface area contributed by atoms with Crippen LogP contribution < -0.4 is 15.8 Å². The number of likely N-dealkylation sites (tertiary alicyclic amines) is 1. The molecule has 1 aliphatic heterocycles. The molecule has 51 heavy (non-hydrogen) atoms. The summed E-state index contributed by atoms with van der Waals surface area (Å²) in [6, 6.07) is 16.6. The van der Waals surface area contributed by atoms with E-state index in [1.54, 1.807) is 54.7 Å². The zero-order chi connectivity index (χ0) is 37.7. The first-order valence-corrected chi connectivity index (χ1v) is 17.5. The Morgan fingerprint density at radius 1 is 1.08 bits per heavy atom. The van der Waals surface area contributed by atoms with Crippen molar-refractivity contribution in [1.29, 1.82) is 0 Å². The van der Waals surface area contributed by atoms with Crippen LogP contribution >= 0.6 is 11.6 Å². The minimum absolute atomic E-state index is 0.0220. The molecule has 4 aromatic rings. The number of nitrogen functional groups attached to an aromatic ring is 1. The van der Waals surface area contributed by atoms with Crippen LogP contribution in [0.5, 0.6) is 5.75 Å². The summed E-state index contributed by atoms with van der Waals surface area (Å²) in [6.45, 7) is 3.82. The van der Waals surface area contributed by atoms with Gasteiger partial charge in [0.25, 0.3) is 0 Å². The van der Waals surface area contributed by atoms with Crippen LogP contribution in [0.4, 0.5) is 24.7 Å². The molecule has 12 nitrogen and oxygen atoms in total. The molecule has 0 bridgehead atoms. The minimum Gasteiger partial charge on any atom is -0.492 e. The van der Waals surface area contributed by atoms with E-state index in [0.29, 0.717) is 34.4 Å². The number of carbonyl (C=O) groups excluding carboxylic acids is 1. The van der Waals surface area contributed by atoms with E-state index in [2.05, 4.69) is 10.3 Å². The number of sulfone groups is 1. The molecule has 1 saturated heterocycles. The van der Waals surface area contributed by atoms with E-state index in [4.69, 9.17) is 32.0 Å². The number of hydrogen-bond donors (Lipinski definition) is 4. The normalized spacial score (nSPS) is 16.5. The lowest BCUT2D eigenvalue weighted by Gasteiger charge is -2.32. The van der Waals surface area contributed by atoms with Crippen molar-refractivity contribution < 1.29 is 50.9 Å². The minimum atomic E-state index is -5.08. The highest BCUT2D eigenvalue weighted by Crippen LogP contribution is 2.43. The van der Waals surface area contributed by atoms with Crippen molar-refractivity contribution in [1.82, 2.24) is 9.88 Å². The summed E-state index contributed by atoms with van der Waals surface area (Å²) in [6.07, 6.45) is -3.33. The van der Waals surface area contributed by atoms with Crippen molar-refractivity contribution in [2.75, 3.05) is 30.0 Å². The van der Waals surface area contributed by atoms with Gasteiger partial charge in [0, 0.05) is 23.8 Å². The third-order valence-electron chi connectivity index (χ3n) is 8.14. The number of carbonyl (C=O) groups is 3. The third kappa shape index (κ3) is 8.80. The maximum atomic E-state index is 14.6. The van der Waals surface area contributed by atoms with E-state index in [-0.39, 0.29) is 29.2 Å². The van der Waals surface area contributed by atoms with Crippen LogP contribution in [0.25, 0.3) is 10.8 Å². The van der Waals surface area contributed by atoms with Gasteiger partial charge in [0.1, 0.15) is 17.6 Å². The second-order valence-corrected chi connectivity index (χ2v) is 13.9. The largest absolute Gasteiger partial charge is 0.492 e. The molecule has 2 heterocycles. The summed E-state index contributed by atoms with van der Waals surface area (Å²) in [5.41, 5.74) is 7.46. The summed E-state index contributed by atoms with van der Waals surface area (Å²) in [5.74, 6) is -4.70. The van der Waals surface area contributed by atoms with Crippen LogP contribution in [0.3, 0.4) is 0 Å². The molecule has 0 unspecified atom stereocenters. The van der Waals surface area contributed by atoms with Crippen LogP contribution in [0.15, 0.2) is 77.8 Å². The maximum absolute atomic E-state index is 14.6. The van der Waals surface area contributed by atoms with Gasteiger partial charge in [0.2, 0.25) is 5.91 Å². The Hall–Kier alpha value is -5.09. The molecule has 3 atom stereocenters. The summed E-state index contributed by atoms with van der Waals surface area (Å²) in [4.78, 5) is 41.6. The summed E-state index contributed by atoms with van der Waals surface area (Å²) < 4.78 is 63.6. The lowest BCUT2D eigenvalue weighted by atomic mass is 9.93. The number of rotatable bonds is 10. The Bertz CT molecular complexity index is 2050. The van der Waals surface area contributed by atoms with E-state index in [1.807, 2.05) is 19.1 Å². The molecule has 5 N–H and O–H groups in total. The number of carboxylic acids is 2. The number of ether oxygens (including phenoxy) is 1. The van der Waals surface area contributed by atoms with Crippen LogP contribution in [0.1, 0.15) is 43.5 Å². The molecule has 1 fully saturated rings. The first-order valence-electron chi connectivity index (χ1n) is 15.5. The van der Waals surface area contributed by atoms with Gasteiger partial charge in [-0.05, 0) is 72.3 Å². The number of anilines is 2. The predicted molar refractivity (Wildman–Crippen MR) is 183 cm³/mol. The number of fused-ring (bicyclic) bond motifs is 1. The first kappa shape index (κ1) is 38.7. The Morgan fingerprint density at radius 3 is 2.39 bits per heavy atom. The number of nitrogens with two attached hydrogens (primary N) is 1. The van der Waals surface area contributed by atoms with E-state index >= 15 is 0 Å². The highest BCUT2D eigenvalue weighted by Gasteiger charge is 2.45. The maximum Gasteiger partial charge on any atom is 0.490 e. The van der Waals surface area contributed by atoms with Crippen molar-refractivity contribution in [2.24, 2.45) is 5.92 Å².